The lowest BCUT2D eigenvalue weighted by Crippen LogP contribution is -2.11. The molecule has 0 aliphatic carbocycles. The first kappa shape index (κ1) is 41.0. The molecular weight excluding hydrogens is 845 g/mol. The molecule has 0 amide bonds. The van der Waals surface area contributed by atoms with Crippen LogP contribution in [0.5, 0.6) is 0 Å². The van der Waals surface area contributed by atoms with E-state index in [1.54, 1.807) is 0 Å². The smallest absolute Gasteiger partial charge is 0.0541 e. The zero-order chi connectivity index (χ0) is 46.4. The van der Waals surface area contributed by atoms with Gasteiger partial charge in [-0.2, -0.15) is 0 Å². The van der Waals surface area contributed by atoms with Crippen LogP contribution in [0.1, 0.15) is 0 Å². The summed E-state index contributed by atoms with van der Waals surface area (Å²) in [7, 11) is 0. The van der Waals surface area contributed by atoms with Crippen LogP contribution >= 0.6 is 0 Å². The van der Waals surface area contributed by atoms with Gasteiger partial charge in [-0.25, -0.2) is 0 Å². The molecule has 2 nitrogen and oxygen atoms in total. The predicted molar refractivity (Wildman–Crippen MR) is 298 cm³/mol. The van der Waals surface area contributed by atoms with E-state index in [1.165, 1.54) is 87.9 Å². The predicted octanol–water partition coefficient (Wildman–Crippen LogP) is 18.9. The fourth-order valence-corrected chi connectivity index (χ4v) is 10.8. The zero-order valence-corrected chi connectivity index (χ0v) is 38.5. The molecule has 0 unspecified atom stereocenters. The Morgan fingerprint density at radius 3 is 1.57 bits per heavy atom. The number of anilines is 3. The van der Waals surface area contributed by atoms with Crippen LogP contribution in [0.3, 0.4) is 0 Å². The van der Waals surface area contributed by atoms with Crippen LogP contribution in [0.25, 0.3) is 105 Å². The second-order valence-corrected chi connectivity index (χ2v) is 18.0. The highest BCUT2D eigenvalue weighted by Crippen LogP contribution is 2.47. The van der Waals surface area contributed by atoms with Gasteiger partial charge in [0, 0.05) is 33.4 Å². The van der Waals surface area contributed by atoms with Gasteiger partial charge in [0.15, 0.2) is 0 Å². The fourth-order valence-electron chi connectivity index (χ4n) is 10.8. The van der Waals surface area contributed by atoms with Crippen molar-refractivity contribution in [3.05, 3.63) is 279 Å². The molecule has 13 aromatic rings. The first-order valence-electron chi connectivity index (χ1n) is 24.1. The molecule has 0 saturated carbocycles. The Labute approximate surface area is 408 Å². The van der Waals surface area contributed by atoms with Crippen molar-refractivity contribution in [2.24, 2.45) is 0 Å². The van der Waals surface area contributed by atoms with Crippen molar-refractivity contribution >= 4 is 60.4 Å². The van der Waals surface area contributed by atoms with Gasteiger partial charge in [-0.3, -0.25) is 0 Å². The minimum Gasteiger partial charge on any atom is -0.310 e. The lowest BCUT2D eigenvalue weighted by molar-refractivity contribution is 1.18. The molecule has 0 saturated heterocycles. The highest BCUT2D eigenvalue weighted by molar-refractivity contribution is 6.13. The first-order valence-corrected chi connectivity index (χ1v) is 24.1. The Balaban J connectivity index is 0.979. The Kier molecular flexibility index (Phi) is 10.2. The molecule has 12 aromatic carbocycles. The molecule has 1 aromatic heterocycles. The molecule has 2 heteroatoms. The monoisotopic (exact) mass is 890 g/mol. The average Bonchev–Trinajstić information content (AvgIpc) is 3.77. The van der Waals surface area contributed by atoms with E-state index in [9.17, 15) is 0 Å². The molecule has 0 N–H and O–H groups in total. The van der Waals surface area contributed by atoms with E-state index in [-0.39, 0.29) is 0 Å². The Bertz CT molecular complexity index is 4050. The maximum atomic E-state index is 2.44. The molecule has 13 rings (SSSR count). The van der Waals surface area contributed by atoms with Gasteiger partial charge in [0.05, 0.1) is 16.7 Å². The molecular formula is C68H46N2. The third-order valence-electron chi connectivity index (χ3n) is 14.0. The normalized spacial score (nSPS) is 11.4. The second-order valence-electron chi connectivity index (χ2n) is 18.0. The van der Waals surface area contributed by atoms with Gasteiger partial charge >= 0.3 is 0 Å². The van der Waals surface area contributed by atoms with Gasteiger partial charge in [0.25, 0.3) is 0 Å². The highest BCUT2D eigenvalue weighted by atomic mass is 15.1. The summed E-state index contributed by atoms with van der Waals surface area (Å²) in [5.41, 5.74) is 18.6. The van der Waals surface area contributed by atoms with Gasteiger partial charge in [0.1, 0.15) is 0 Å². The van der Waals surface area contributed by atoms with E-state index in [0.29, 0.717) is 0 Å². The SMILES string of the molecule is c1ccc(-c2ccccc2-c2ccccc2-c2ccccc2N(c2ccc(-c3cccc4c3ccc3ccccc34)cc2)c2cccc(-c3ccc4c(c3)c3ccccc3n4-c3ccccc3)c2)cc1. The van der Waals surface area contributed by atoms with Crippen molar-refractivity contribution < 1.29 is 0 Å². The van der Waals surface area contributed by atoms with Crippen molar-refractivity contribution in [3.63, 3.8) is 0 Å². The summed E-state index contributed by atoms with van der Waals surface area (Å²) in [5, 5.41) is 7.51. The maximum absolute atomic E-state index is 2.44. The third-order valence-corrected chi connectivity index (χ3v) is 14.0. The van der Waals surface area contributed by atoms with E-state index in [1.807, 2.05) is 0 Å². The Hall–Kier alpha value is -9.24. The number of rotatable bonds is 9. The summed E-state index contributed by atoms with van der Waals surface area (Å²) >= 11 is 0. The number of para-hydroxylation sites is 3. The minimum absolute atomic E-state index is 1.07. The summed E-state index contributed by atoms with van der Waals surface area (Å²) in [5.74, 6) is 0. The van der Waals surface area contributed by atoms with Crippen LogP contribution in [0.4, 0.5) is 17.1 Å². The van der Waals surface area contributed by atoms with E-state index >= 15 is 0 Å². The van der Waals surface area contributed by atoms with Crippen LogP contribution in [-0.2, 0) is 0 Å². The average molecular weight is 891 g/mol. The van der Waals surface area contributed by atoms with Crippen LogP contribution in [0.2, 0.25) is 0 Å². The van der Waals surface area contributed by atoms with E-state index in [2.05, 4.69) is 289 Å². The van der Waals surface area contributed by atoms with Crippen LogP contribution < -0.4 is 4.90 Å². The van der Waals surface area contributed by atoms with E-state index < -0.39 is 0 Å². The first-order chi connectivity index (χ1) is 34.7. The summed E-state index contributed by atoms with van der Waals surface area (Å²) in [6.07, 6.45) is 0. The molecule has 0 spiro atoms. The quantitative estimate of drug-likeness (QED) is 0.131. The minimum atomic E-state index is 1.07. The molecule has 0 atom stereocenters. The zero-order valence-electron chi connectivity index (χ0n) is 38.5. The standard InChI is InChI=1S/C68H46N2/c1-3-19-47(20-4-1)55-27-9-10-28-58(55)60-29-11-12-30-61(60)63-31-13-15-35-66(63)69(53-41-37-49(38-42-53)57-33-18-34-59-56-26-8-7-21-48(56)39-43-62(57)59)54-25-17-22-50(45-54)51-40-44-68-65(46-51)64-32-14-16-36-67(64)70(68)52-23-5-2-6-24-52/h1-46H. The Morgan fingerprint density at radius 2 is 0.771 bits per heavy atom. The number of nitrogens with zero attached hydrogens (tertiary/aromatic N) is 2. The molecule has 70 heavy (non-hydrogen) atoms. The summed E-state index contributed by atoms with van der Waals surface area (Å²) in [6.45, 7) is 0. The van der Waals surface area contributed by atoms with Crippen molar-refractivity contribution in [1.29, 1.82) is 0 Å². The number of hydrogen-bond donors (Lipinski definition) is 0. The van der Waals surface area contributed by atoms with E-state index in [4.69, 9.17) is 0 Å². The van der Waals surface area contributed by atoms with Crippen molar-refractivity contribution in [3.8, 4) is 61.3 Å². The molecule has 0 radical (unpaired) electrons. The van der Waals surface area contributed by atoms with Gasteiger partial charge in [-0.05, 0) is 132 Å². The summed E-state index contributed by atoms with van der Waals surface area (Å²) in [4.78, 5) is 2.44. The second kappa shape index (κ2) is 17.4. The van der Waals surface area contributed by atoms with Crippen molar-refractivity contribution in [2.45, 2.75) is 0 Å². The fraction of sp³-hybridized carbons (Fsp3) is 0. The lowest BCUT2D eigenvalue weighted by Gasteiger charge is -2.29. The molecule has 328 valence electrons. The van der Waals surface area contributed by atoms with Crippen molar-refractivity contribution in [2.75, 3.05) is 4.90 Å². The lowest BCUT2D eigenvalue weighted by atomic mass is 9.88. The van der Waals surface area contributed by atoms with Crippen LogP contribution in [0.15, 0.2) is 279 Å². The number of fused-ring (bicyclic) bond motifs is 6. The van der Waals surface area contributed by atoms with E-state index in [0.717, 1.165) is 33.9 Å². The number of hydrogen-bond acceptors (Lipinski definition) is 1. The largest absolute Gasteiger partial charge is 0.310 e. The van der Waals surface area contributed by atoms with Crippen LogP contribution in [0, 0.1) is 0 Å². The van der Waals surface area contributed by atoms with Crippen molar-refractivity contribution in [1.82, 2.24) is 4.57 Å². The third kappa shape index (κ3) is 7.13. The topological polar surface area (TPSA) is 8.17 Å². The molecule has 0 aliphatic heterocycles. The highest BCUT2D eigenvalue weighted by Gasteiger charge is 2.22. The maximum Gasteiger partial charge on any atom is 0.0541 e. The van der Waals surface area contributed by atoms with Crippen LogP contribution in [-0.4, -0.2) is 4.57 Å². The van der Waals surface area contributed by atoms with Gasteiger partial charge < -0.3 is 9.47 Å². The number of aromatic nitrogens is 1. The molecule has 0 bridgehead atoms. The number of benzene rings is 12. The Morgan fingerprint density at radius 1 is 0.243 bits per heavy atom. The summed E-state index contributed by atoms with van der Waals surface area (Å²) in [6, 6.07) is 102. The summed E-state index contributed by atoms with van der Waals surface area (Å²) < 4.78 is 2.38. The molecule has 0 aliphatic rings. The van der Waals surface area contributed by atoms with Gasteiger partial charge in [0.2, 0.25) is 0 Å². The van der Waals surface area contributed by atoms with Gasteiger partial charge in [-0.1, -0.05) is 218 Å². The van der Waals surface area contributed by atoms with Gasteiger partial charge in [-0.15, -0.1) is 0 Å². The molecule has 1 heterocycles. The molecule has 0 fully saturated rings.